The Morgan fingerprint density at radius 1 is 1.39 bits per heavy atom. The van der Waals surface area contributed by atoms with E-state index < -0.39 is 11.4 Å². The second kappa shape index (κ2) is 9.31. The average Bonchev–Trinajstić information content (AvgIpc) is 3.03. The number of amides is 1. The van der Waals surface area contributed by atoms with Gasteiger partial charge in [0.05, 0.1) is 25.0 Å². The predicted molar refractivity (Wildman–Crippen MR) is 119 cm³/mol. The highest BCUT2D eigenvalue weighted by Crippen LogP contribution is 2.47. The van der Waals surface area contributed by atoms with Gasteiger partial charge >= 0.3 is 5.97 Å². The van der Waals surface area contributed by atoms with Crippen LogP contribution in [0.3, 0.4) is 0 Å². The lowest BCUT2D eigenvalue weighted by molar-refractivity contribution is -0.138. The van der Waals surface area contributed by atoms with Gasteiger partial charge in [0.15, 0.2) is 0 Å². The minimum atomic E-state index is -0.934. The Labute approximate surface area is 189 Å². The third-order valence-corrected chi connectivity index (χ3v) is 6.49. The number of ether oxygens (including phenoxy) is 2. The van der Waals surface area contributed by atoms with Crippen LogP contribution in [0.5, 0.6) is 0 Å². The molecule has 3 rings (SSSR count). The predicted octanol–water partition coefficient (Wildman–Crippen LogP) is 4.19. The highest BCUT2D eigenvalue weighted by Gasteiger charge is 2.51. The normalized spacial score (nSPS) is 23.6. The van der Waals surface area contributed by atoms with Gasteiger partial charge in [0.25, 0.3) is 0 Å². The fourth-order valence-electron chi connectivity index (χ4n) is 4.29. The number of nitrogens with zero attached hydrogens (tertiary/aromatic N) is 1. The monoisotopic (exact) mass is 449 g/mol. The number of methoxy groups -OCH3 is 1. The molecule has 1 N–H and O–H groups in total. The van der Waals surface area contributed by atoms with Crippen molar-refractivity contribution in [1.29, 1.82) is 0 Å². The van der Waals surface area contributed by atoms with Crippen molar-refractivity contribution < 1.29 is 24.2 Å². The first-order valence-electron chi connectivity index (χ1n) is 10.7. The number of carboxylic acids is 1. The van der Waals surface area contributed by atoms with Gasteiger partial charge in [0.2, 0.25) is 5.91 Å². The van der Waals surface area contributed by atoms with Crippen LogP contribution in [-0.4, -0.2) is 54.9 Å². The van der Waals surface area contributed by atoms with Crippen molar-refractivity contribution in [3.63, 3.8) is 0 Å². The van der Waals surface area contributed by atoms with E-state index in [1.165, 1.54) is 4.90 Å². The largest absolute Gasteiger partial charge is 0.481 e. The summed E-state index contributed by atoms with van der Waals surface area (Å²) in [5.41, 5.74) is 2.61. The topological polar surface area (TPSA) is 76.1 Å². The van der Waals surface area contributed by atoms with Gasteiger partial charge in [-0.05, 0) is 41.0 Å². The Bertz CT molecular complexity index is 875. The van der Waals surface area contributed by atoms with Crippen LogP contribution in [0.2, 0.25) is 5.02 Å². The van der Waals surface area contributed by atoms with Crippen LogP contribution in [0.1, 0.15) is 51.2 Å². The second-order valence-electron chi connectivity index (χ2n) is 9.70. The third-order valence-electron chi connectivity index (χ3n) is 6.13. The maximum atomic E-state index is 12.9. The summed E-state index contributed by atoms with van der Waals surface area (Å²) in [6.45, 7) is 7.50. The molecule has 0 spiro atoms. The minimum Gasteiger partial charge on any atom is -0.481 e. The Hall–Kier alpha value is -1.89. The highest BCUT2D eigenvalue weighted by molar-refractivity contribution is 6.31. The van der Waals surface area contributed by atoms with Crippen LogP contribution in [0, 0.1) is 5.41 Å². The molecule has 0 saturated carbocycles. The van der Waals surface area contributed by atoms with E-state index in [2.05, 4.69) is 32.9 Å². The van der Waals surface area contributed by atoms with Gasteiger partial charge in [0, 0.05) is 31.3 Å². The fraction of sp³-hybridized carbons (Fsp3) is 0.583. The van der Waals surface area contributed by atoms with Gasteiger partial charge in [-0.25, -0.2) is 0 Å². The molecule has 0 bridgehead atoms. The molecule has 1 fully saturated rings. The number of hydrogen-bond donors (Lipinski definition) is 1. The molecule has 1 aromatic carbocycles. The fourth-order valence-corrected chi connectivity index (χ4v) is 4.56. The molecule has 6 nitrogen and oxygen atoms in total. The summed E-state index contributed by atoms with van der Waals surface area (Å²) in [6, 6.07) is 6.07. The van der Waals surface area contributed by atoms with Crippen molar-refractivity contribution in [3.05, 3.63) is 46.1 Å². The maximum Gasteiger partial charge on any atom is 0.305 e. The first kappa shape index (κ1) is 23.8. The Morgan fingerprint density at radius 2 is 2.13 bits per heavy atom. The van der Waals surface area contributed by atoms with Crippen molar-refractivity contribution in [1.82, 2.24) is 4.90 Å². The van der Waals surface area contributed by atoms with Crippen LogP contribution >= 0.6 is 11.6 Å². The van der Waals surface area contributed by atoms with Gasteiger partial charge < -0.3 is 19.5 Å². The highest BCUT2D eigenvalue weighted by atomic mass is 35.5. The molecule has 1 saturated heterocycles. The molecular formula is C24H32ClNO5. The number of fused-ring (bicyclic) bond motifs is 1. The van der Waals surface area contributed by atoms with Gasteiger partial charge in [-0.15, -0.1) is 0 Å². The third kappa shape index (κ3) is 5.30. The number of halogens is 1. The molecule has 2 aliphatic heterocycles. The van der Waals surface area contributed by atoms with Crippen molar-refractivity contribution in [2.45, 2.75) is 58.0 Å². The summed E-state index contributed by atoms with van der Waals surface area (Å²) in [5.74, 6) is -1.05. The zero-order chi connectivity index (χ0) is 22.8. The summed E-state index contributed by atoms with van der Waals surface area (Å²) < 4.78 is 11.4. The van der Waals surface area contributed by atoms with E-state index in [1.807, 2.05) is 6.07 Å². The molecule has 1 unspecified atom stereocenters. The molecule has 2 heterocycles. The van der Waals surface area contributed by atoms with Crippen molar-refractivity contribution in [3.8, 4) is 0 Å². The van der Waals surface area contributed by atoms with Gasteiger partial charge in [-0.3, -0.25) is 9.59 Å². The molecule has 1 aromatic rings. The lowest BCUT2D eigenvalue weighted by Gasteiger charge is -2.37. The number of rotatable bonds is 8. The smallest absolute Gasteiger partial charge is 0.305 e. The number of carbonyl (C=O) groups is 2. The molecule has 0 aliphatic carbocycles. The quantitative estimate of drug-likeness (QED) is 0.643. The lowest BCUT2D eigenvalue weighted by Crippen LogP contribution is -2.44. The van der Waals surface area contributed by atoms with Crippen molar-refractivity contribution in [2.24, 2.45) is 5.41 Å². The van der Waals surface area contributed by atoms with E-state index in [0.717, 1.165) is 29.5 Å². The number of carboxylic acid groups (broad SMARTS) is 1. The molecule has 1 amide bonds. The Balaban J connectivity index is 1.94. The van der Waals surface area contributed by atoms with E-state index in [9.17, 15) is 9.59 Å². The summed E-state index contributed by atoms with van der Waals surface area (Å²) in [4.78, 5) is 25.4. The number of carbonyl (C=O) groups excluding carboxylic acids is 1. The van der Waals surface area contributed by atoms with Crippen molar-refractivity contribution >= 4 is 23.5 Å². The molecule has 31 heavy (non-hydrogen) atoms. The first-order chi connectivity index (χ1) is 14.6. The SMILES string of the molecule is COCC1OC[C@@]2(c3ccc(CCC(C)(C)C)c(Cl)c3)CC(=O)N(CCC(=O)O)C=C12. The molecule has 2 aliphatic rings. The zero-order valence-electron chi connectivity index (χ0n) is 18.7. The standard InChI is InChI=1S/C24H32ClNO5/c1-23(2,3)9-7-16-5-6-17(11-19(16)25)24-12-21(27)26(10-8-22(28)29)13-18(24)20(14-30-4)31-15-24/h5-6,11,13,20H,7-10,12,14-15H2,1-4H3,(H,28,29)/t20?,24-/m1/s1. The van der Waals surface area contributed by atoms with Crippen LogP contribution in [0.25, 0.3) is 0 Å². The molecule has 7 heteroatoms. The van der Waals surface area contributed by atoms with Crippen LogP contribution < -0.4 is 0 Å². The summed E-state index contributed by atoms with van der Waals surface area (Å²) in [7, 11) is 1.61. The van der Waals surface area contributed by atoms with E-state index in [-0.39, 0.29) is 36.8 Å². The number of aryl methyl sites for hydroxylation is 1. The molecule has 2 atom stereocenters. The first-order valence-corrected chi connectivity index (χ1v) is 11.1. The summed E-state index contributed by atoms with van der Waals surface area (Å²) in [6.07, 6.45) is 3.52. The van der Waals surface area contributed by atoms with E-state index in [1.54, 1.807) is 13.3 Å². The van der Waals surface area contributed by atoms with Crippen molar-refractivity contribution in [2.75, 3.05) is 26.9 Å². The van der Waals surface area contributed by atoms with E-state index >= 15 is 0 Å². The van der Waals surface area contributed by atoms with Gasteiger partial charge in [-0.1, -0.05) is 44.5 Å². The number of aliphatic carboxylic acids is 1. The summed E-state index contributed by atoms with van der Waals surface area (Å²) in [5, 5.41) is 9.72. The van der Waals surface area contributed by atoms with Crippen LogP contribution in [-0.2, 0) is 30.9 Å². The van der Waals surface area contributed by atoms with E-state index in [4.69, 9.17) is 26.2 Å². The Kier molecular flexibility index (Phi) is 7.14. The average molecular weight is 450 g/mol. The lowest BCUT2D eigenvalue weighted by atomic mass is 9.70. The maximum absolute atomic E-state index is 12.9. The van der Waals surface area contributed by atoms with Crippen LogP contribution in [0.15, 0.2) is 30.0 Å². The Morgan fingerprint density at radius 3 is 2.74 bits per heavy atom. The zero-order valence-corrected chi connectivity index (χ0v) is 19.5. The second-order valence-corrected chi connectivity index (χ2v) is 10.1. The van der Waals surface area contributed by atoms with Crippen LogP contribution in [0.4, 0.5) is 0 Å². The molecule has 0 radical (unpaired) electrons. The molecule has 0 aromatic heterocycles. The number of benzene rings is 1. The number of hydrogen-bond acceptors (Lipinski definition) is 4. The molecule has 170 valence electrons. The minimum absolute atomic E-state index is 0.105. The molecular weight excluding hydrogens is 418 g/mol. The van der Waals surface area contributed by atoms with Gasteiger partial charge in [-0.2, -0.15) is 0 Å². The van der Waals surface area contributed by atoms with E-state index in [0.29, 0.717) is 18.2 Å². The van der Waals surface area contributed by atoms with Gasteiger partial charge in [0.1, 0.15) is 6.10 Å². The summed E-state index contributed by atoms with van der Waals surface area (Å²) >= 11 is 6.67.